The smallest absolute Gasteiger partial charge is 0.321 e. The molecule has 9 nitrogen and oxygen atoms in total. The van der Waals surface area contributed by atoms with Gasteiger partial charge in [0, 0.05) is 12.6 Å². The highest BCUT2D eigenvalue weighted by atomic mass is 16.5. The van der Waals surface area contributed by atoms with E-state index in [2.05, 4.69) is 5.32 Å². The van der Waals surface area contributed by atoms with Gasteiger partial charge in [-0.2, -0.15) is 0 Å². The van der Waals surface area contributed by atoms with E-state index in [0.717, 1.165) is 53.7 Å². The number of nitrogens with one attached hydrogen (secondary N) is 1. The zero-order chi connectivity index (χ0) is 28.1. The monoisotopic (exact) mass is 543 g/mol. The van der Waals surface area contributed by atoms with Crippen LogP contribution in [0.2, 0.25) is 0 Å². The van der Waals surface area contributed by atoms with E-state index in [1.807, 2.05) is 32.9 Å². The number of carboxylic acid groups (broad SMARTS) is 1. The number of aliphatic hydroxyl groups is 2. The summed E-state index contributed by atoms with van der Waals surface area (Å²) >= 11 is 0. The Labute approximate surface area is 229 Å². The molecule has 4 unspecified atom stereocenters. The predicted molar refractivity (Wildman–Crippen MR) is 145 cm³/mol. The molecule has 1 saturated carbocycles. The molecular weight excluding hydrogens is 502 g/mol. The molecule has 0 radical (unpaired) electrons. The molecule has 2 aliphatic rings. The van der Waals surface area contributed by atoms with Crippen LogP contribution in [-0.2, 0) is 20.7 Å². The van der Waals surface area contributed by atoms with Crippen LogP contribution in [0, 0.1) is 20.8 Å². The summed E-state index contributed by atoms with van der Waals surface area (Å²) in [4.78, 5) is 12.1. The first-order valence-electron chi connectivity index (χ1n) is 13.8. The summed E-state index contributed by atoms with van der Waals surface area (Å²) in [7, 11) is 0. The van der Waals surface area contributed by atoms with E-state index in [-0.39, 0.29) is 24.5 Å². The van der Waals surface area contributed by atoms with Gasteiger partial charge in [0.15, 0.2) is 0 Å². The molecule has 0 bridgehead atoms. The van der Waals surface area contributed by atoms with Crippen LogP contribution in [0.3, 0.4) is 0 Å². The van der Waals surface area contributed by atoms with Gasteiger partial charge in [-0.3, -0.25) is 4.79 Å². The van der Waals surface area contributed by atoms with Gasteiger partial charge in [-0.15, -0.1) is 0 Å². The summed E-state index contributed by atoms with van der Waals surface area (Å²) in [5.74, 6) is 0.694. The highest BCUT2D eigenvalue weighted by Gasteiger charge is 2.33. The van der Waals surface area contributed by atoms with Crippen molar-refractivity contribution in [3.63, 3.8) is 0 Å². The molecule has 1 heterocycles. The Bertz CT molecular complexity index is 1110. The van der Waals surface area contributed by atoms with Crippen LogP contribution in [-0.4, -0.2) is 76.1 Å². The Morgan fingerprint density at radius 1 is 1.03 bits per heavy atom. The Morgan fingerprint density at radius 2 is 1.72 bits per heavy atom. The van der Waals surface area contributed by atoms with Crippen molar-refractivity contribution in [1.82, 2.24) is 5.32 Å². The Kier molecular flexibility index (Phi) is 9.85. The standard InChI is InChI=1S/C30H41NO8/c1-17-14-22(32)6-9-26(17)39-29-18(2)12-20(13-19(29)3)15-24(30(35)36)31-21-4-7-23(8-5-21)38-16-27-28(34)25(33)10-11-37-27/h6,9,12-14,21,23-25,27-28,31-34H,4-5,7-8,10-11,15-16H2,1-3H3,(H,35,36). The Hall–Kier alpha value is -2.69. The third kappa shape index (κ3) is 7.70. The lowest BCUT2D eigenvalue weighted by Gasteiger charge is -2.35. The third-order valence-electron chi connectivity index (χ3n) is 7.76. The average Bonchev–Trinajstić information content (AvgIpc) is 2.88. The summed E-state index contributed by atoms with van der Waals surface area (Å²) < 4.78 is 17.7. The maximum Gasteiger partial charge on any atom is 0.321 e. The molecule has 2 fully saturated rings. The molecule has 214 valence electrons. The first-order chi connectivity index (χ1) is 18.6. The van der Waals surface area contributed by atoms with Crippen molar-refractivity contribution in [1.29, 1.82) is 0 Å². The van der Waals surface area contributed by atoms with E-state index in [9.17, 15) is 25.2 Å². The van der Waals surface area contributed by atoms with Crippen LogP contribution >= 0.6 is 0 Å². The summed E-state index contributed by atoms with van der Waals surface area (Å²) in [5.41, 5.74) is 3.58. The van der Waals surface area contributed by atoms with Crippen LogP contribution in [0.1, 0.15) is 54.4 Å². The molecule has 39 heavy (non-hydrogen) atoms. The summed E-state index contributed by atoms with van der Waals surface area (Å²) in [5, 5.41) is 42.8. The normalized spacial score (nSPS) is 26.2. The van der Waals surface area contributed by atoms with Crippen LogP contribution in [0.25, 0.3) is 0 Å². The van der Waals surface area contributed by atoms with Gasteiger partial charge in [0.05, 0.1) is 18.8 Å². The largest absolute Gasteiger partial charge is 0.508 e. The minimum absolute atomic E-state index is 0.0243. The topological polar surface area (TPSA) is 138 Å². The van der Waals surface area contributed by atoms with Gasteiger partial charge >= 0.3 is 5.97 Å². The fraction of sp³-hybridized carbons (Fsp3) is 0.567. The number of aliphatic hydroxyl groups excluding tert-OH is 2. The fourth-order valence-corrected chi connectivity index (χ4v) is 5.55. The lowest BCUT2D eigenvalue weighted by Crippen LogP contribution is -2.48. The first-order valence-corrected chi connectivity index (χ1v) is 13.8. The Morgan fingerprint density at radius 3 is 2.36 bits per heavy atom. The number of carboxylic acids is 1. The lowest BCUT2D eigenvalue weighted by atomic mass is 9.91. The van der Waals surface area contributed by atoms with Gasteiger partial charge in [-0.1, -0.05) is 12.1 Å². The van der Waals surface area contributed by atoms with Gasteiger partial charge in [-0.05, 0) is 99.7 Å². The number of aryl methyl sites for hydroxylation is 3. The van der Waals surface area contributed by atoms with Crippen molar-refractivity contribution < 1.29 is 39.4 Å². The average molecular weight is 544 g/mol. The summed E-state index contributed by atoms with van der Waals surface area (Å²) in [6.45, 7) is 6.42. The van der Waals surface area contributed by atoms with Crippen molar-refractivity contribution in [2.24, 2.45) is 0 Å². The molecule has 4 atom stereocenters. The zero-order valence-corrected chi connectivity index (χ0v) is 22.9. The molecule has 2 aromatic carbocycles. The van der Waals surface area contributed by atoms with E-state index in [1.165, 1.54) is 0 Å². The minimum Gasteiger partial charge on any atom is -0.508 e. The van der Waals surface area contributed by atoms with E-state index in [1.54, 1.807) is 18.2 Å². The van der Waals surface area contributed by atoms with Gasteiger partial charge in [0.2, 0.25) is 0 Å². The van der Waals surface area contributed by atoms with Crippen molar-refractivity contribution in [2.75, 3.05) is 13.2 Å². The molecule has 0 amide bonds. The molecule has 0 aromatic heterocycles. The number of aliphatic carboxylic acids is 1. The fourth-order valence-electron chi connectivity index (χ4n) is 5.55. The van der Waals surface area contributed by atoms with Crippen LogP contribution in [0.5, 0.6) is 17.2 Å². The minimum atomic E-state index is -0.932. The number of phenols is 1. The number of hydrogen-bond acceptors (Lipinski definition) is 8. The second-order valence-corrected chi connectivity index (χ2v) is 10.9. The maximum atomic E-state index is 12.1. The molecule has 1 aliphatic heterocycles. The number of carbonyl (C=O) groups is 1. The molecule has 5 N–H and O–H groups in total. The highest BCUT2D eigenvalue weighted by Crippen LogP contribution is 2.33. The van der Waals surface area contributed by atoms with Gasteiger partial charge in [0.25, 0.3) is 0 Å². The number of rotatable bonds is 10. The second kappa shape index (κ2) is 13.1. The molecule has 2 aromatic rings. The number of hydrogen-bond donors (Lipinski definition) is 5. The maximum absolute atomic E-state index is 12.1. The predicted octanol–water partition coefficient (Wildman–Crippen LogP) is 3.53. The SMILES string of the molecule is Cc1cc(O)ccc1Oc1c(C)cc(CC(NC2CCC(OCC3OCCC(O)C3O)CC2)C(=O)O)cc1C. The quantitative estimate of drug-likeness (QED) is 0.305. The van der Waals surface area contributed by atoms with Crippen LogP contribution in [0.15, 0.2) is 30.3 Å². The van der Waals surface area contributed by atoms with Crippen molar-refractivity contribution >= 4 is 5.97 Å². The van der Waals surface area contributed by atoms with Gasteiger partial charge in [0.1, 0.15) is 35.5 Å². The molecule has 0 spiro atoms. The number of phenolic OH excluding ortho intramolecular Hbond substituents is 1. The molecular formula is C30H41NO8. The second-order valence-electron chi connectivity index (χ2n) is 10.9. The van der Waals surface area contributed by atoms with E-state index < -0.39 is 30.3 Å². The molecule has 1 saturated heterocycles. The highest BCUT2D eigenvalue weighted by molar-refractivity contribution is 5.74. The van der Waals surface area contributed by atoms with E-state index >= 15 is 0 Å². The first kappa shape index (κ1) is 29.3. The number of ether oxygens (including phenoxy) is 3. The van der Waals surface area contributed by atoms with Crippen molar-refractivity contribution in [3.8, 4) is 17.2 Å². The summed E-state index contributed by atoms with van der Waals surface area (Å²) in [6.07, 6.45) is 1.74. The van der Waals surface area contributed by atoms with E-state index in [4.69, 9.17) is 14.2 Å². The summed E-state index contributed by atoms with van der Waals surface area (Å²) in [6, 6.07) is 8.27. The van der Waals surface area contributed by atoms with E-state index in [0.29, 0.717) is 25.2 Å². The van der Waals surface area contributed by atoms with Crippen LogP contribution < -0.4 is 10.1 Å². The molecule has 1 aliphatic carbocycles. The zero-order valence-electron chi connectivity index (χ0n) is 22.9. The third-order valence-corrected chi connectivity index (χ3v) is 7.76. The molecule has 4 rings (SSSR count). The van der Waals surface area contributed by atoms with Crippen molar-refractivity contribution in [2.45, 2.75) is 95.8 Å². The lowest BCUT2D eigenvalue weighted by molar-refractivity contribution is -0.163. The van der Waals surface area contributed by atoms with Crippen LogP contribution in [0.4, 0.5) is 0 Å². The van der Waals surface area contributed by atoms with Crippen molar-refractivity contribution in [3.05, 3.63) is 52.6 Å². The number of aromatic hydroxyl groups is 1. The number of benzene rings is 2. The molecule has 9 heteroatoms. The Balaban J connectivity index is 1.30. The van der Waals surface area contributed by atoms with Gasteiger partial charge < -0.3 is 40.0 Å². The van der Waals surface area contributed by atoms with Gasteiger partial charge in [-0.25, -0.2) is 0 Å².